The van der Waals surface area contributed by atoms with Crippen molar-refractivity contribution in [3.63, 3.8) is 0 Å². The number of nitrogens with zero attached hydrogens (tertiary/aromatic N) is 1. The fraction of sp³-hybridized carbons (Fsp3) is 0.222. The number of benzene rings is 2. The zero-order valence-electron chi connectivity index (χ0n) is 19.0. The highest BCUT2D eigenvalue weighted by Crippen LogP contribution is 2.50. The molecule has 174 valence electrons. The number of hydrogen-bond acceptors (Lipinski definition) is 3. The summed E-state index contributed by atoms with van der Waals surface area (Å²) in [6, 6.07) is 15.9. The van der Waals surface area contributed by atoms with Crippen molar-refractivity contribution in [1.29, 1.82) is 0 Å². The van der Waals surface area contributed by atoms with Crippen LogP contribution in [-0.4, -0.2) is 33.6 Å². The Morgan fingerprint density at radius 2 is 1.53 bits per heavy atom. The molecule has 0 radical (unpaired) electrons. The predicted molar refractivity (Wildman–Crippen MR) is 140 cm³/mol. The third-order valence-corrected chi connectivity index (χ3v) is 6.95. The number of carbonyl (C=O) groups is 3. The summed E-state index contributed by atoms with van der Waals surface area (Å²) < 4.78 is 1.22. The highest BCUT2D eigenvalue weighted by Gasteiger charge is 2.54. The number of nitrogens with one attached hydrogen (secondary N) is 1. The Labute approximate surface area is 215 Å². The largest absolute Gasteiger partial charge is 0.349 e. The first-order valence-corrected chi connectivity index (χ1v) is 12.4. The Morgan fingerprint density at radius 3 is 2.09 bits per heavy atom. The number of amides is 2. The minimum atomic E-state index is -1.13. The van der Waals surface area contributed by atoms with Crippen molar-refractivity contribution in [3.8, 4) is 0 Å². The molecule has 2 aromatic rings. The molecular formula is C27H24Br2N2O3. The van der Waals surface area contributed by atoms with Crippen molar-refractivity contribution < 1.29 is 14.4 Å². The molecule has 0 saturated heterocycles. The Morgan fingerprint density at radius 1 is 0.941 bits per heavy atom. The molecule has 0 fully saturated rings. The van der Waals surface area contributed by atoms with E-state index in [0.717, 1.165) is 10.0 Å². The number of rotatable bonds is 4. The summed E-state index contributed by atoms with van der Waals surface area (Å²) in [7, 11) is 0. The van der Waals surface area contributed by atoms with E-state index in [9.17, 15) is 14.4 Å². The maximum absolute atomic E-state index is 13.9. The maximum Gasteiger partial charge on any atom is 0.263 e. The van der Waals surface area contributed by atoms with Crippen molar-refractivity contribution in [2.45, 2.75) is 37.9 Å². The van der Waals surface area contributed by atoms with Gasteiger partial charge in [0.25, 0.3) is 5.91 Å². The topological polar surface area (TPSA) is 66.5 Å². The van der Waals surface area contributed by atoms with Gasteiger partial charge in [-0.2, -0.15) is 0 Å². The molecule has 1 unspecified atom stereocenters. The normalized spacial score (nSPS) is 18.1. The lowest BCUT2D eigenvalue weighted by Crippen LogP contribution is -2.54. The third-order valence-electron chi connectivity index (χ3n) is 5.68. The minimum Gasteiger partial charge on any atom is -0.349 e. The van der Waals surface area contributed by atoms with Crippen LogP contribution >= 0.6 is 31.9 Å². The third kappa shape index (κ3) is 4.46. The summed E-state index contributed by atoms with van der Waals surface area (Å²) in [4.78, 5) is 41.3. The van der Waals surface area contributed by atoms with Crippen LogP contribution in [0.1, 0.15) is 37.9 Å². The average molecular weight is 584 g/mol. The molecule has 0 saturated carbocycles. The van der Waals surface area contributed by atoms with Gasteiger partial charge in [0.2, 0.25) is 5.91 Å². The molecule has 1 aliphatic carbocycles. The van der Waals surface area contributed by atoms with Gasteiger partial charge in [0, 0.05) is 15.6 Å². The Bertz CT molecular complexity index is 1220. The SMILES string of the molecule is CC(C)(C)NC(=O)C(c1ccc(Br)cc1)N1C(=O)C(Br)=C(c2ccccc2)C12C=CC(=O)C=C2. The second-order valence-corrected chi connectivity index (χ2v) is 11.0. The predicted octanol–water partition coefficient (Wildman–Crippen LogP) is 5.49. The molecule has 1 N–H and O–H groups in total. The second kappa shape index (κ2) is 9.12. The summed E-state index contributed by atoms with van der Waals surface area (Å²) in [6.07, 6.45) is 6.32. The van der Waals surface area contributed by atoms with E-state index in [2.05, 4.69) is 37.2 Å². The van der Waals surface area contributed by atoms with E-state index in [1.807, 2.05) is 75.4 Å². The standard InChI is InChI=1S/C27H24Br2N2O3/c1-26(2,3)30-24(33)23(18-9-11-19(28)12-10-18)31-25(34)22(29)21(17-7-5-4-6-8-17)27(31)15-13-20(32)14-16-27/h4-16,23H,1-3H3,(H,30,33). The number of halogens is 2. The molecular weight excluding hydrogens is 560 g/mol. The van der Waals surface area contributed by atoms with Gasteiger partial charge in [0.15, 0.2) is 5.78 Å². The molecule has 1 atom stereocenters. The first-order chi connectivity index (χ1) is 16.0. The van der Waals surface area contributed by atoms with Gasteiger partial charge < -0.3 is 10.2 Å². The highest BCUT2D eigenvalue weighted by atomic mass is 79.9. The van der Waals surface area contributed by atoms with E-state index in [-0.39, 0.29) is 17.6 Å². The Hall–Kier alpha value is -2.77. The summed E-state index contributed by atoms with van der Waals surface area (Å²) in [5, 5.41) is 3.04. The Kier molecular flexibility index (Phi) is 6.53. The molecule has 4 rings (SSSR count). The minimum absolute atomic E-state index is 0.173. The van der Waals surface area contributed by atoms with Gasteiger partial charge in [0.05, 0.1) is 4.48 Å². The van der Waals surface area contributed by atoms with Gasteiger partial charge in [0.1, 0.15) is 11.6 Å². The van der Waals surface area contributed by atoms with Crippen LogP contribution in [0.25, 0.3) is 5.57 Å². The van der Waals surface area contributed by atoms with Gasteiger partial charge in [-0.25, -0.2) is 0 Å². The van der Waals surface area contributed by atoms with Crippen LogP contribution in [0.15, 0.2) is 87.9 Å². The fourth-order valence-corrected chi connectivity index (χ4v) is 5.33. The smallest absolute Gasteiger partial charge is 0.263 e. The van der Waals surface area contributed by atoms with E-state index >= 15 is 0 Å². The van der Waals surface area contributed by atoms with Crippen molar-refractivity contribution >= 4 is 55.0 Å². The van der Waals surface area contributed by atoms with Crippen LogP contribution in [0, 0.1) is 0 Å². The lowest BCUT2D eigenvalue weighted by molar-refractivity contribution is -0.139. The molecule has 1 heterocycles. The van der Waals surface area contributed by atoms with Gasteiger partial charge in [-0.15, -0.1) is 0 Å². The van der Waals surface area contributed by atoms with Crippen LogP contribution in [0.5, 0.6) is 0 Å². The van der Waals surface area contributed by atoms with Crippen molar-refractivity contribution in [3.05, 3.63) is 99.0 Å². The van der Waals surface area contributed by atoms with Gasteiger partial charge >= 0.3 is 0 Å². The van der Waals surface area contributed by atoms with E-state index in [1.165, 1.54) is 12.2 Å². The highest BCUT2D eigenvalue weighted by molar-refractivity contribution is 9.12. The fourth-order valence-electron chi connectivity index (χ4n) is 4.33. The molecule has 1 spiro atoms. The number of carbonyl (C=O) groups excluding carboxylic acids is 3. The van der Waals surface area contributed by atoms with E-state index in [1.54, 1.807) is 17.1 Å². The summed E-state index contributed by atoms with van der Waals surface area (Å²) in [5.41, 5.74) is 0.523. The van der Waals surface area contributed by atoms with Crippen LogP contribution in [0.4, 0.5) is 0 Å². The van der Waals surface area contributed by atoms with Gasteiger partial charge in [-0.1, -0.05) is 58.4 Å². The van der Waals surface area contributed by atoms with Gasteiger partial charge in [-0.05, 0) is 84.3 Å². The van der Waals surface area contributed by atoms with Crippen LogP contribution in [0.3, 0.4) is 0 Å². The van der Waals surface area contributed by atoms with Crippen molar-refractivity contribution in [2.75, 3.05) is 0 Å². The second-order valence-electron chi connectivity index (χ2n) is 9.32. The summed E-state index contributed by atoms with van der Waals surface area (Å²) >= 11 is 6.98. The number of ketones is 1. The monoisotopic (exact) mass is 582 g/mol. The molecule has 34 heavy (non-hydrogen) atoms. The molecule has 2 amide bonds. The quantitative estimate of drug-likeness (QED) is 0.518. The van der Waals surface area contributed by atoms with E-state index in [4.69, 9.17) is 0 Å². The average Bonchev–Trinajstić information content (AvgIpc) is 2.98. The first kappa shape index (κ1) is 24.4. The number of hydrogen-bond donors (Lipinski definition) is 1. The molecule has 2 aliphatic rings. The summed E-state index contributed by atoms with van der Waals surface area (Å²) in [5.74, 6) is -0.817. The molecule has 2 aromatic carbocycles. The lowest BCUT2D eigenvalue weighted by atomic mass is 9.81. The maximum atomic E-state index is 13.9. The van der Waals surface area contributed by atoms with Crippen molar-refractivity contribution in [1.82, 2.24) is 10.2 Å². The number of allylic oxidation sites excluding steroid dienone is 2. The van der Waals surface area contributed by atoms with Crippen LogP contribution in [-0.2, 0) is 14.4 Å². The zero-order chi connectivity index (χ0) is 24.7. The Balaban J connectivity index is 1.95. The lowest BCUT2D eigenvalue weighted by Gasteiger charge is -2.42. The zero-order valence-corrected chi connectivity index (χ0v) is 22.2. The van der Waals surface area contributed by atoms with E-state index in [0.29, 0.717) is 15.6 Å². The molecule has 7 heteroatoms. The molecule has 0 bridgehead atoms. The molecule has 5 nitrogen and oxygen atoms in total. The van der Waals surface area contributed by atoms with Crippen LogP contribution < -0.4 is 5.32 Å². The summed E-state index contributed by atoms with van der Waals surface area (Å²) in [6.45, 7) is 5.69. The van der Waals surface area contributed by atoms with Crippen molar-refractivity contribution in [2.24, 2.45) is 0 Å². The van der Waals surface area contributed by atoms with Gasteiger partial charge in [-0.3, -0.25) is 14.4 Å². The molecule has 0 aromatic heterocycles. The molecule has 1 aliphatic heterocycles. The van der Waals surface area contributed by atoms with E-state index < -0.39 is 17.1 Å². The first-order valence-electron chi connectivity index (χ1n) is 10.8. The van der Waals surface area contributed by atoms with Crippen LogP contribution in [0.2, 0.25) is 0 Å².